The molecule has 8 nitrogen and oxygen atoms in total. The van der Waals surface area contributed by atoms with E-state index >= 15 is 0 Å². The predicted octanol–water partition coefficient (Wildman–Crippen LogP) is 4.57. The molecule has 0 aromatic heterocycles. The van der Waals surface area contributed by atoms with Gasteiger partial charge in [0.2, 0.25) is 0 Å². The van der Waals surface area contributed by atoms with Crippen LogP contribution < -0.4 is 5.32 Å². The van der Waals surface area contributed by atoms with E-state index in [1.54, 1.807) is 13.0 Å². The van der Waals surface area contributed by atoms with Crippen LogP contribution in [-0.4, -0.2) is 36.0 Å². The minimum atomic E-state index is -0.780. The third-order valence-electron chi connectivity index (χ3n) is 6.38. The van der Waals surface area contributed by atoms with Crippen LogP contribution in [0.25, 0.3) is 0 Å². The number of hydrogen-bond donors (Lipinski definition) is 1. The van der Waals surface area contributed by atoms with Crippen molar-refractivity contribution in [1.29, 1.82) is 0 Å². The highest BCUT2D eigenvalue weighted by Crippen LogP contribution is 2.47. The lowest BCUT2D eigenvalue weighted by Crippen LogP contribution is -2.39. The maximum Gasteiger partial charge on any atom is 0.336 e. The number of ketones is 1. The first kappa shape index (κ1) is 23.4. The van der Waals surface area contributed by atoms with E-state index in [0.717, 1.165) is 18.5 Å². The van der Waals surface area contributed by atoms with Crippen molar-refractivity contribution in [1.82, 2.24) is 5.32 Å². The fraction of sp³-hybridized carbons (Fsp3) is 0.500. The van der Waals surface area contributed by atoms with Gasteiger partial charge in [-0.25, -0.2) is 4.79 Å². The van der Waals surface area contributed by atoms with Crippen LogP contribution in [-0.2, 0) is 19.1 Å². The Hall–Kier alpha value is -2.71. The summed E-state index contributed by atoms with van der Waals surface area (Å²) in [5.41, 5.74) is 1.99. The number of nitro groups is 1. The van der Waals surface area contributed by atoms with Gasteiger partial charge in [0.05, 0.1) is 16.6 Å². The van der Waals surface area contributed by atoms with Crippen molar-refractivity contribution in [3.63, 3.8) is 0 Å². The highest BCUT2D eigenvalue weighted by Gasteiger charge is 2.43. The molecule has 1 aromatic rings. The van der Waals surface area contributed by atoms with Crippen LogP contribution in [0, 0.1) is 15.5 Å². The zero-order valence-electron chi connectivity index (χ0n) is 18.9. The third-order valence-corrected chi connectivity index (χ3v) is 6.70. The number of hydrogen-bond acceptors (Lipinski definition) is 7. The zero-order valence-corrected chi connectivity index (χ0v) is 19.7. The van der Waals surface area contributed by atoms with E-state index in [0.29, 0.717) is 36.3 Å². The second-order valence-electron chi connectivity index (χ2n) is 9.63. The molecule has 0 unspecified atom stereocenters. The van der Waals surface area contributed by atoms with Gasteiger partial charge >= 0.3 is 5.97 Å². The molecule has 1 N–H and O–H groups in total. The second-order valence-corrected chi connectivity index (χ2v) is 10.0. The number of nitrogens with one attached hydrogen (secondary N) is 1. The summed E-state index contributed by atoms with van der Waals surface area (Å²) < 4.78 is 11.1. The molecule has 0 amide bonds. The average Bonchev–Trinajstić information content (AvgIpc) is 3.24. The Balaban J connectivity index is 1.78. The molecule has 1 fully saturated rings. The van der Waals surface area contributed by atoms with Crippen LogP contribution in [0.2, 0.25) is 5.02 Å². The standard InChI is InChI=1S/C24H27ClN2O6/c1-13-20(23(29)33-12-15-5-4-8-32-15)21(14-6-7-16(25)18(9-14)27(30)31)22-17(26-13)10-24(2,3)11-19(22)28/h6-7,9,15,21,26H,4-5,8,10-12H2,1-3H3/t15-,21+/m0/s1. The summed E-state index contributed by atoms with van der Waals surface area (Å²) in [6.45, 7) is 6.56. The van der Waals surface area contributed by atoms with Gasteiger partial charge in [0.25, 0.3) is 5.69 Å². The molecule has 0 spiro atoms. The van der Waals surface area contributed by atoms with Gasteiger partial charge in [-0.05, 0) is 43.2 Å². The first-order chi connectivity index (χ1) is 15.6. The number of carbonyl (C=O) groups is 2. The molecule has 0 radical (unpaired) electrons. The van der Waals surface area contributed by atoms with Crippen molar-refractivity contribution in [2.75, 3.05) is 13.2 Å². The number of benzene rings is 1. The first-order valence-electron chi connectivity index (χ1n) is 11.0. The summed E-state index contributed by atoms with van der Waals surface area (Å²) in [4.78, 5) is 37.5. The van der Waals surface area contributed by atoms with Gasteiger partial charge in [-0.2, -0.15) is 0 Å². The van der Waals surface area contributed by atoms with Crippen LogP contribution >= 0.6 is 11.6 Å². The van der Waals surface area contributed by atoms with Crippen molar-refractivity contribution in [2.45, 2.75) is 58.5 Å². The van der Waals surface area contributed by atoms with Crippen LogP contribution in [0.15, 0.2) is 40.7 Å². The molecular weight excluding hydrogens is 448 g/mol. The number of nitrogens with zero attached hydrogens (tertiary/aromatic N) is 1. The summed E-state index contributed by atoms with van der Waals surface area (Å²) in [6.07, 6.45) is 2.53. The molecule has 33 heavy (non-hydrogen) atoms. The topological polar surface area (TPSA) is 108 Å². The highest BCUT2D eigenvalue weighted by molar-refractivity contribution is 6.32. The van der Waals surface area contributed by atoms with Gasteiger partial charge in [0.1, 0.15) is 11.6 Å². The number of carbonyl (C=O) groups excluding carboxylic acids is 2. The molecule has 3 aliphatic rings. The van der Waals surface area contributed by atoms with Gasteiger partial charge in [-0.1, -0.05) is 31.5 Å². The summed E-state index contributed by atoms with van der Waals surface area (Å²) in [5.74, 6) is -1.44. The Morgan fingerprint density at radius 1 is 1.36 bits per heavy atom. The Bertz CT molecular complexity index is 1080. The van der Waals surface area contributed by atoms with Crippen LogP contribution in [0.3, 0.4) is 0 Å². The third kappa shape index (κ3) is 4.68. The van der Waals surface area contributed by atoms with Gasteiger partial charge in [-0.3, -0.25) is 14.9 Å². The number of rotatable bonds is 5. The molecular formula is C24H27ClN2O6. The first-order valence-corrected chi connectivity index (χ1v) is 11.4. The number of halogens is 1. The molecule has 2 heterocycles. The van der Waals surface area contributed by atoms with E-state index in [9.17, 15) is 19.7 Å². The lowest BCUT2D eigenvalue weighted by atomic mass is 9.68. The summed E-state index contributed by atoms with van der Waals surface area (Å²) in [6, 6.07) is 4.40. The molecule has 0 saturated carbocycles. The van der Waals surface area contributed by atoms with Gasteiger partial charge in [-0.15, -0.1) is 0 Å². The maximum atomic E-state index is 13.3. The number of ether oxygens (including phenoxy) is 2. The van der Waals surface area contributed by atoms with E-state index in [4.69, 9.17) is 21.1 Å². The van der Waals surface area contributed by atoms with Gasteiger partial charge < -0.3 is 14.8 Å². The van der Waals surface area contributed by atoms with Crippen LogP contribution in [0.4, 0.5) is 5.69 Å². The fourth-order valence-corrected chi connectivity index (χ4v) is 5.10. The number of nitro benzene ring substituents is 1. The molecule has 2 atom stereocenters. The Labute approximate surface area is 197 Å². The lowest BCUT2D eigenvalue weighted by Gasteiger charge is -2.39. The second kappa shape index (κ2) is 8.91. The smallest absolute Gasteiger partial charge is 0.336 e. The van der Waals surface area contributed by atoms with Crippen LogP contribution in [0.5, 0.6) is 0 Å². The molecule has 0 bridgehead atoms. The lowest BCUT2D eigenvalue weighted by molar-refractivity contribution is -0.384. The monoisotopic (exact) mass is 474 g/mol. The molecule has 1 aromatic carbocycles. The molecule has 4 rings (SSSR count). The SMILES string of the molecule is CC1=C(C(=O)OC[C@@H]2CCCO2)[C@@H](c2ccc(Cl)c([N+](=O)[O-])c2)C2=C(CC(C)(C)CC2=O)N1. The van der Waals surface area contributed by atoms with Crippen molar-refractivity contribution in [2.24, 2.45) is 5.41 Å². The Morgan fingerprint density at radius 3 is 2.79 bits per heavy atom. The minimum absolute atomic E-state index is 0.00815. The minimum Gasteiger partial charge on any atom is -0.459 e. The van der Waals surface area contributed by atoms with E-state index in [1.807, 2.05) is 13.8 Å². The molecule has 2 aliphatic heterocycles. The fourth-order valence-electron chi connectivity index (χ4n) is 4.91. The Morgan fingerprint density at radius 2 is 2.12 bits per heavy atom. The highest BCUT2D eigenvalue weighted by atomic mass is 35.5. The number of Topliss-reactive ketones (excluding diaryl/α,β-unsaturated/α-hetero) is 1. The summed E-state index contributed by atoms with van der Waals surface area (Å²) in [5, 5.41) is 14.8. The molecule has 9 heteroatoms. The van der Waals surface area contributed by atoms with Crippen molar-refractivity contribution in [3.05, 3.63) is 61.4 Å². The van der Waals surface area contributed by atoms with E-state index < -0.39 is 16.8 Å². The number of esters is 1. The summed E-state index contributed by atoms with van der Waals surface area (Å²) >= 11 is 6.03. The molecule has 176 valence electrons. The largest absolute Gasteiger partial charge is 0.459 e. The Kier molecular flexibility index (Phi) is 6.33. The quantitative estimate of drug-likeness (QED) is 0.378. The summed E-state index contributed by atoms with van der Waals surface area (Å²) in [7, 11) is 0. The average molecular weight is 475 g/mol. The van der Waals surface area contributed by atoms with E-state index in [2.05, 4.69) is 5.32 Å². The molecule has 1 aliphatic carbocycles. The van der Waals surface area contributed by atoms with E-state index in [-0.39, 0.29) is 40.2 Å². The maximum absolute atomic E-state index is 13.3. The van der Waals surface area contributed by atoms with Crippen molar-refractivity contribution < 1.29 is 24.0 Å². The number of dihydropyridines is 1. The predicted molar refractivity (Wildman–Crippen MR) is 122 cm³/mol. The molecule has 1 saturated heterocycles. The zero-order chi connectivity index (χ0) is 23.9. The van der Waals surface area contributed by atoms with Crippen molar-refractivity contribution >= 4 is 29.0 Å². The number of allylic oxidation sites excluding steroid dienone is 3. The van der Waals surface area contributed by atoms with Crippen molar-refractivity contribution in [3.8, 4) is 0 Å². The van der Waals surface area contributed by atoms with Gasteiger partial charge in [0, 0.05) is 42.0 Å². The van der Waals surface area contributed by atoms with Crippen LogP contribution in [0.1, 0.15) is 57.9 Å². The van der Waals surface area contributed by atoms with Gasteiger partial charge in [0.15, 0.2) is 5.78 Å². The van der Waals surface area contributed by atoms with E-state index in [1.165, 1.54) is 12.1 Å². The normalized spacial score (nSPS) is 24.4.